The first-order valence-corrected chi connectivity index (χ1v) is 6.78. The van der Waals surface area contributed by atoms with Gasteiger partial charge in [0.15, 0.2) is 0 Å². The Hall–Kier alpha value is -1.02. The van der Waals surface area contributed by atoms with Crippen LogP contribution >= 0.6 is 0 Å². The molecular formula is C15H20O2. The molecule has 1 fully saturated rings. The van der Waals surface area contributed by atoms with Crippen LogP contribution in [0.4, 0.5) is 0 Å². The summed E-state index contributed by atoms with van der Waals surface area (Å²) in [6, 6.07) is 6.49. The number of benzene rings is 1. The number of hydrogen-bond acceptors (Lipinski definition) is 2. The second-order valence-corrected chi connectivity index (χ2v) is 5.34. The molecule has 2 unspecified atom stereocenters. The Labute approximate surface area is 103 Å². The molecule has 92 valence electrons. The minimum Gasteiger partial charge on any atom is -0.490 e. The molecule has 17 heavy (non-hydrogen) atoms. The molecule has 3 rings (SSSR count). The van der Waals surface area contributed by atoms with E-state index in [0.717, 1.165) is 31.4 Å². The van der Waals surface area contributed by atoms with Crippen LogP contribution in [0.5, 0.6) is 5.75 Å². The molecule has 2 aliphatic rings. The quantitative estimate of drug-likeness (QED) is 0.849. The number of aliphatic hydroxyl groups excluding tert-OH is 1. The van der Waals surface area contributed by atoms with E-state index in [9.17, 15) is 5.11 Å². The predicted molar refractivity (Wildman–Crippen MR) is 67.4 cm³/mol. The lowest BCUT2D eigenvalue weighted by atomic mass is 9.95. The van der Waals surface area contributed by atoms with E-state index in [0.29, 0.717) is 0 Å². The van der Waals surface area contributed by atoms with Crippen LogP contribution in [0.25, 0.3) is 0 Å². The van der Waals surface area contributed by atoms with E-state index < -0.39 is 0 Å². The predicted octanol–water partition coefficient (Wildman–Crippen LogP) is 2.86. The molecule has 2 aliphatic carbocycles. The maximum atomic E-state index is 9.63. The molecule has 1 aromatic rings. The number of rotatable bonds is 2. The van der Waals surface area contributed by atoms with Crippen LogP contribution in [0.2, 0.25) is 0 Å². The fourth-order valence-corrected chi connectivity index (χ4v) is 3.04. The number of aryl methyl sites for hydroxylation is 2. The van der Waals surface area contributed by atoms with E-state index in [2.05, 4.69) is 18.2 Å². The van der Waals surface area contributed by atoms with Gasteiger partial charge in [0.1, 0.15) is 11.9 Å². The summed E-state index contributed by atoms with van der Waals surface area (Å²) in [6.45, 7) is 0. The van der Waals surface area contributed by atoms with E-state index in [-0.39, 0.29) is 12.2 Å². The normalized spacial score (nSPS) is 27.8. The van der Waals surface area contributed by atoms with Gasteiger partial charge in [0.2, 0.25) is 0 Å². The molecule has 0 aromatic heterocycles. The van der Waals surface area contributed by atoms with E-state index in [1.165, 1.54) is 30.4 Å². The van der Waals surface area contributed by atoms with Crippen LogP contribution in [0.3, 0.4) is 0 Å². The van der Waals surface area contributed by atoms with Crippen molar-refractivity contribution in [3.63, 3.8) is 0 Å². The van der Waals surface area contributed by atoms with Gasteiger partial charge in [0.25, 0.3) is 0 Å². The summed E-state index contributed by atoms with van der Waals surface area (Å²) >= 11 is 0. The molecule has 0 saturated heterocycles. The SMILES string of the molecule is OC1CCCC(Oc2ccc3c(c2)CCC3)C1. The molecule has 0 amide bonds. The highest BCUT2D eigenvalue weighted by Crippen LogP contribution is 2.29. The van der Waals surface area contributed by atoms with Crippen LogP contribution < -0.4 is 4.74 Å². The Bertz CT molecular complexity index is 400. The number of fused-ring (bicyclic) bond motifs is 1. The van der Waals surface area contributed by atoms with Crippen molar-refractivity contribution in [1.29, 1.82) is 0 Å². The maximum Gasteiger partial charge on any atom is 0.120 e. The molecule has 0 bridgehead atoms. The topological polar surface area (TPSA) is 29.5 Å². The maximum absolute atomic E-state index is 9.63. The minimum absolute atomic E-state index is 0.164. The molecule has 0 heterocycles. The summed E-state index contributed by atoms with van der Waals surface area (Å²) in [7, 11) is 0. The molecule has 1 saturated carbocycles. The van der Waals surface area contributed by atoms with E-state index in [1.54, 1.807) is 0 Å². The van der Waals surface area contributed by atoms with Crippen molar-refractivity contribution in [3.8, 4) is 5.75 Å². The Morgan fingerprint density at radius 3 is 2.82 bits per heavy atom. The third-order valence-electron chi connectivity index (χ3n) is 3.97. The summed E-state index contributed by atoms with van der Waals surface area (Å²) in [4.78, 5) is 0. The first kappa shape index (κ1) is 11.1. The van der Waals surface area contributed by atoms with Crippen molar-refractivity contribution in [2.45, 2.75) is 57.2 Å². The third-order valence-corrected chi connectivity index (χ3v) is 3.97. The van der Waals surface area contributed by atoms with Crippen LogP contribution in [-0.2, 0) is 12.8 Å². The van der Waals surface area contributed by atoms with Gasteiger partial charge in [-0.2, -0.15) is 0 Å². The first-order chi connectivity index (χ1) is 8.31. The molecule has 0 spiro atoms. The molecule has 2 nitrogen and oxygen atoms in total. The molecule has 1 aromatic carbocycles. The summed E-state index contributed by atoms with van der Waals surface area (Å²) in [5.74, 6) is 0.991. The number of hydrogen-bond donors (Lipinski definition) is 1. The minimum atomic E-state index is -0.164. The van der Waals surface area contributed by atoms with Crippen LogP contribution in [0.1, 0.15) is 43.2 Å². The van der Waals surface area contributed by atoms with Crippen molar-refractivity contribution in [3.05, 3.63) is 29.3 Å². The molecule has 0 radical (unpaired) electrons. The lowest BCUT2D eigenvalue weighted by molar-refractivity contribution is 0.0536. The highest BCUT2D eigenvalue weighted by molar-refractivity contribution is 5.38. The first-order valence-electron chi connectivity index (χ1n) is 6.78. The fourth-order valence-electron chi connectivity index (χ4n) is 3.04. The summed E-state index contributed by atoms with van der Waals surface area (Å²) < 4.78 is 5.99. The standard InChI is InChI=1S/C15H20O2/c16-13-5-2-6-14(10-13)17-15-8-7-11-3-1-4-12(11)9-15/h7-9,13-14,16H,1-6,10H2. The number of aliphatic hydroxyl groups is 1. The monoisotopic (exact) mass is 232 g/mol. The molecule has 0 aliphatic heterocycles. The van der Waals surface area contributed by atoms with Crippen molar-refractivity contribution in [2.24, 2.45) is 0 Å². The smallest absolute Gasteiger partial charge is 0.120 e. The van der Waals surface area contributed by atoms with Gasteiger partial charge in [-0.3, -0.25) is 0 Å². The molecular weight excluding hydrogens is 212 g/mol. The van der Waals surface area contributed by atoms with Crippen molar-refractivity contribution >= 4 is 0 Å². The Morgan fingerprint density at radius 1 is 1.06 bits per heavy atom. The largest absolute Gasteiger partial charge is 0.490 e. The highest BCUT2D eigenvalue weighted by atomic mass is 16.5. The molecule has 2 atom stereocenters. The zero-order chi connectivity index (χ0) is 11.7. The van der Waals surface area contributed by atoms with E-state index >= 15 is 0 Å². The van der Waals surface area contributed by atoms with Gasteiger partial charge in [0, 0.05) is 6.42 Å². The summed E-state index contributed by atoms with van der Waals surface area (Å²) in [5.41, 5.74) is 2.94. The third kappa shape index (κ3) is 2.47. The van der Waals surface area contributed by atoms with Gasteiger partial charge in [0.05, 0.1) is 6.10 Å². The highest BCUT2D eigenvalue weighted by Gasteiger charge is 2.22. The zero-order valence-corrected chi connectivity index (χ0v) is 10.2. The van der Waals surface area contributed by atoms with Gasteiger partial charge in [-0.25, -0.2) is 0 Å². The van der Waals surface area contributed by atoms with Crippen LogP contribution in [0.15, 0.2) is 18.2 Å². The van der Waals surface area contributed by atoms with E-state index in [4.69, 9.17) is 4.74 Å². The molecule has 1 N–H and O–H groups in total. The van der Waals surface area contributed by atoms with Crippen LogP contribution in [-0.4, -0.2) is 17.3 Å². The van der Waals surface area contributed by atoms with E-state index in [1.807, 2.05) is 0 Å². The average Bonchev–Trinajstić information content (AvgIpc) is 2.76. The van der Waals surface area contributed by atoms with Crippen molar-refractivity contribution in [2.75, 3.05) is 0 Å². The van der Waals surface area contributed by atoms with Crippen molar-refractivity contribution in [1.82, 2.24) is 0 Å². The second kappa shape index (κ2) is 4.69. The Kier molecular flexibility index (Phi) is 3.06. The Balaban J connectivity index is 1.68. The summed E-state index contributed by atoms with van der Waals surface area (Å²) in [5, 5.41) is 9.63. The lowest BCUT2D eigenvalue weighted by Crippen LogP contribution is -2.28. The second-order valence-electron chi connectivity index (χ2n) is 5.34. The van der Waals surface area contributed by atoms with Gasteiger partial charge in [-0.1, -0.05) is 6.07 Å². The lowest BCUT2D eigenvalue weighted by Gasteiger charge is -2.26. The van der Waals surface area contributed by atoms with Gasteiger partial charge in [-0.05, 0) is 61.8 Å². The van der Waals surface area contributed by atoms with Gasteiger partial charge < -0.3 is 9.84 Å². The van der Waals surface area contributed by atoms with Crippen LogP contribution in [0, 0.1) is 0 Å². The Morgan fingerprint density at radius 2 is 1.94 bits per heavy atom. The zero-order valence-electron chi connectivity index (χ0n) is 10.2. The molecule has 2 heteroatoms. The summed E-state index contributed by atoms with van der Waals surface area (Å²) in [6.07, 6.45) is 7.62. The van der Waals surface area contributed by atoms with Crippen molar-refractivity contribution < 1.29 is 9.84 Å². The average molecular weight is 232 g/mol. The van der Waals surface area contributed by atoms with Gasteiger partial charge >= 0.3 is 0 Å². The fraction of sp³-hybridized carbons (Fsp3) is 0.600. The number of ether oxygens (including phenoxy) is 1. The van der Waals surface area contributed by atoms with Gasteiger partial charge in [-0.15, -0.1) is 0 Å².